The number of nitrogens with zero attached hydrogens (tertiary/aromatic N) is 1. The van der Waals surface area contributed by atoms with E-state index < -0.39 is 17.1 Å². The highest BCUT2D eigenvalue weighted by Crippen LogP contribution is 2.32. The van der Waals surface area contributed by atoms with Crippen LogP contribution < -0.4 is 10.3 Å². The van der Waals surface area contributed by atoms with Gasteiger partial charge in [0.05, 0.1) is 10.8 Å². The third kappa shape index (κ3) is 2.55. The van der Waals surface area contributed by atoms with Gasteiger partial charge in [0.2, 0.25) is 17.3 Å². The molecule has 2 atom stereocenters. The SMILES string of the molecule is CCC1=CC(O)Oc2nc(S(=O)CC3CC3)[nH]c(=O)c21. The zero-order valence-electron chi connectivity index (χ0n) is 11.1. The van der Waals surface area contributed by atoms with Gasteiger partial charge in [-0.15, -0.1) is 0 Å². The van der Waals surface area contributed by atoms with Gasteiger partial charge in [-0.25, -0.2) is 0 Å². The van der Waals surface area contributed by atoms with Crippen LogP contribution in [0.25, 0.3) is 5.57 Å². The van der Waals surface area contributed by atoms with E-state index in [1.54, 1.807) is 0 Å². The number of aromatic nitrogens is 2. The molecule has 1 fully saturated rings. The Kier molecular flexibility index (Phi) is 3.47. The average Bonchev–Trinajstić information content (AvgIpc) is 3.20. The maximum Gasteiger partial charge on any atom is 0.263 e. The number of aliphatic hydroxyl groups excluding tert-OH is 1. The predicted octanol–water partition coefficient (Wildman–Crippen LogP) is 0.792. The van der Waals surface area contributed by atoms with Crippen molar-refractivity contribution < 1.29 is 14.1 Å². The van der Waals surface area contributed by atoms with Crippen LogP contribution in [0.5, 0.6) is 5.88 Å². The van der Waals surface area contributed by atoms with Crippen LogP contribution in [0, 0.1) is 5.92 Å². The first-order valence-corrected chi connectivity index (χ1v) is 7.99. The molecule has 3 rings (SSSR count). The zero-order chi connectivity index (χ0) is 14.3. The summed E-state index contributed by atoms with van der Waals surface area (Å²) < 4.78 is 17.3. The van der Waals surface area contributed by atoms with E-state index in [2.05, 4.69) is 9.97 Å². The van der Waals surface area contributed by atoms with Crippen molar-refractivity contribution in [2.24, 2.45) is 5.92 Å². The van der Waals surface area contributed by atoms with Gasteiger partial charge in [-0.3, -0.25) is 14.0 Å². The normalized spacial score (nSPS) is 22.7. The van der Waals surface area contributed by atoms with E-state index in [9.17, 15) is 14.1 Å². The second kappa shape index (κ2) is 5.14. The van der Waals surface area contributed by atoms with Gasteiger partial charge in [0, 0.05) is 5.75 Å². The molecule has 7 heteroatoms. The summed E-state index contributed by atoms with van der Waals surface area (Å²) in [7, 11) is -1.33. The average molecular weight is 296 g/mol. The molecule has 2 heterocycles. The molecule has 0 spiro atoms. The van der Waals surface area contributed by atoms with Crippen molar-refractivity contribution >= 4 is 16.4 Å². The quantitative estimate of drug-likeness (QED) is 0.801. The molecule has 0 aromatic carbocycles. The fraction of sp³-hybridized carbons (Fsp3) is 0.538. The van der Waals surface area contributed by atoms with Gasteiger partial charge >= 0.3 is 0 Å². The minimum atomic E-state index is -1.33. The Morgan fingerprint density at radius 3 is 2.95 bits per heavy atom. The third-order valence-corrected chi connectivity index (χ3v) is 4.84. The monoisotopic (exact) mass is 296 g/mol. The van der Waals surface area contributed by atoms with Crippen molar-refractivity contribution in [1.82, 2.24) is 9.97 Å². The zero-order valence-corrected chi connectivity index (χ0v) is 11.9. The van der Waals surface area contributed by atoms with Crippen molar-refractivity contribution in [3.8, 4) is 5.88 Å². The summed E-state index contributed by atoms with van der Waals surface area (Å²) in [6.07, 6.45) is 3.12. The minimum absolute atomic E-state index is 0.0692. The molecule has 108 valence electrons. The van der Waals surface area contributed by atoms with E-state index in [1.807, 2.05) is 6.92 Å². The van der Waals surface area contributed by atoms with Crippen LogP contribution in [0.3, 0.4) is 0 Å². The highest BCUT2D eigenvalue weighted by Gasteiger charge is 2.28. The molecule has 2 unspecified atom stereocenters. The number of nitrogens with one attached hydrogen (secondary N) is 1. The topological polar surface area (TPSA) is 92.3 Å². The van der Waals surface area contributed by atoms with Gasteiger partial charge in [0.15, 0.2) is 0 Å². The molecule has 1 aliphatic carbocycles. The molecule has 20 heavy (non-hydrogen) atoms. The lowest BCUT2D eigenvalue weighted by molar-refractivity contribution is 0.0177. The van der Waals surface area contributed by atoms with Crippen LogP contribution in [0.1, 0.15) is 31.7 Å². The number of aromatic amines is 1. The first kappa shape index (κ1) is 13.5. The minimum Gasteiger partial charge on any atom is -0.443 e. The van der Waals surface area contributed by atoms with E-state index >= 15 is 0 Å². The standard InChI is InChI=1S/C13H16N2O4S/c1-2-8-5-9(16)19-12-10(8)11(17)14-13(15-12)20(18)6-7-3-4-7/h5,7,9,16H,2-4,6H2,1H3,(H,14,15,17). The fourth-order valence-electron chi connectivity index (χ4n) is 2.19. The van der Waals surface area contributed by atoms with Crippen LogP contribution >= 0.6 is 0 Å². The highest BCUT2D eigenvalue weighted by atomic mass is 32.2. The molecule has 0 saturated heterocycles. The van der Waals surface area contributed by atoms with Crippen LogP contribution in [0.2, 0.25) is 0 Å². The first-order chi connectivity index (χ1) is 9.58. The largest absolute Gasteiger partial charge is 0.443 e. The number of hydrogen-bond acceptors (Lipinski definition) is 5. The fourth-order valence-corrected chi connectivity index (χ4v) is 3.50. The lowest BCUT2D eigenvalue weighted by Crippen LogP contribution is -2.26. The number of aliphatic hydroxyl groups is 1. The molecule has 1 aromatic heterocycles. The molecule has 1 aromatic rings. The lowest BCUT2D eigenvalue weighted by Gasteiger charge is -2.20. The van der Waals surface area contributed by atoms with Crippen LogP contribution in [-0.4, -0.2) is 31.3 Å². The third-order valence-electron chi connectivity index (χ3n) is 3.44. The number of allylic oxidation sites excluding steroid dienone is 1. The second-order valence-corrected chi connectivity index (χ2v) is 6.47. The summed E-state index contributed by atoms with van der Waals surface area (Å²) in [5, 5.41) is 9.74. The summed E-state index contributed by atoms with van der Waals surface area (Å²) in [4.78, 5) is 18.8. The predicted molar refractivity (Wildman–Crippen MR) is 73.8 cm³/mol. The Morgan fingerprint density at radius 2 is 2.30 bits per heavy atom. The van der Waals surface area contributed by atoms with Crippen molar-refractivity contribution in [1.29, 1.82) is 0 Å². The Bertz CT molecular complexity index is 648. The van der Waals surface area contributed by atoms with Crippen LogP contribution in [0.4, 0.5) is 0 Å². The summed E-state index contributed by atoms with van der Waals surface area (Å²) in [5.41, 5.74) is 0.645. The number of ether oxygens (including phenoxy) is 1. The molecular weight excluding hydrogens is 280 g/mol. The number of rotatable bonds is 4. The molecule has 0 bridgehead atoms. The number of H-pyrrole nitrogens is 1. The van der Waals surface area contributed by atoms with Gasteiger partial charge in [-0.2, -0.15) is 4.98 Å². The van der Waals surface area contributed by atoms with E-state index in [-0.39, 0.29) is 16.6 Å². The van der Waals surface area contributed by atoms with Crippen molar-refractivity contribution in [3.05, 3.63) is 22.0 Å². The molecular formula is C13H16N2O4S. The first-order valence-electron chi connectivity index (χ1n) is 6.67. The molecule has 1 aliphatic heterocycles. The van der Waals surface area contributed by atoms with E-state index in [4.69, 9.17) is 4.74 Å². The van der Waals surface area contributed by atoms with Gasteiger partial charge in [-0.05, 0) is 36.8 Å². The molecule has 2 N–H and O–H groups in total. The maximum absolute atomic E-state index is 12.1. The summed E-state index contributed by atoms with van der Waals surface area (Å²) in [6.45, 7) is 1.88. The molecule has 1 saturated carbocycles. The molecule has 6 nitrogen and oxygen atoms in total. The van der Waals surface area contributed by atoms with Gasteiger partial charge in [0.1, 0.15) is 5.56 Å². The van der Waals surface area contributed by atoms with Crippen LogP contribution in [0.15, 0.2) is 16.0 Å². The molecule has 0 amide bonds. The maximum atomic E-state index is 12.1. The second-order valence-electron chi connectivity index (χ2n) is 5.06. The van der Waals surface area contributed by atoms with Crippen molar-refractivity contribution in [3.63, 3.8) is 0 Å². The number of fused-ring (bicyclic) bond motifs is 1. The van der Waals surface area contributed by atoms with Gasteiger partial charge < -0.3 is 9.84 Å². The lowest BCUT2D eigenvalue weighted by atomic mass is 10.0. The van der Waals surface area contributed by atoms with E-state index in [0.29, 0.717) is 29.2 Å². The highest BCUT2D eigenvalue weighted by molar-refractivity contribution is 7.84. The molecule has 2 aliphatic rings. The molecule has 0 radical (unpaired) electrons. The van der Waals surface area contributed by atoms with Crippen LogP contribution in [-0.2, 0) is 10.8 Å². The smallest absolute Gasteiger partial charge is 0.263 e. The van der Waals surface area contributed by atoms with E-state index in [1.165, 1.54) is 6.08 Å². The Balaban J connectivity index is 1.99. The van der Waals surface area contributed by atoms with Gasteiger partial charge in [0.25, 0.3) is 5.56 Å². The summed E-state index contributed by atoms with van der Waals surface area (Å²) >= 11 is 0. The number of hydrogen-bond donors (Lipinski definition) is 2. The van der Waals surface area contributed by atoms with Crippen molar-refractivity contribution in [2.45, 2.75) is 37.6 Å². The van der Waals surface area contributed by atoms with Gasteiger partial charge in [-0.1, -0.05) is 6.92 Å². The Morgan fingerprint density at radius 1 is 1.55 bits per heavy atom. The van der Waals surface area contributed by atoms with E-state index in [0.717, 1.165) is 12.8 Å². The summed E-state index contributed by atoms with van der Waals surface area (Å²) in [5.74, 6) is 1.05. The Labute approximate surface area is 118 Å². The Hall–Kier alpha value is -1.47. The van der Waals surface area contributed by atoms with Crippen molar-refractivity contribution in [2.75, 3.05) is 5.75 Å². The summed E-state index contributed by atoms with van der Waals surface area (Å²) in [6, 6.07) is 0.